The van der Waals surface area contributed by atoms with Crippen molar-refractivity contribution in [2.24, 2.45) is 0 Å². The molecular formula is C21H26N2O5. The monoisotopic (exact) mass is 386 g/mol. The summed E-state index contributed by atoms with van der Waals surface area (Å²) in [7, 11) is 6.36. The Bertz CT molecular complexity index is 849. The number of methoxy groups -OCH3 is 4. The Morgan fingerprint density at radius 2 is 1.43 bits per heavy atom. The van der Waals surface area contributed by atoms with Crippen molar-refractivity contribution in [1.29, 1.82) is 0 Å². The summed E-state index contributed by atoms with van der Waals surface area (Å²) in [6.07, 6.45) is 2.03. The van der Waals surface area contributed by atoms with Gasteiger partial charge < -0.3 is 29.6 Å². The molecule has 3 rings (SSSR count). The number of urea groups is 1. The van der Waals surface area contributed by atoms with Crippen LogP contribution in [0.1, 0.15) is 18.4 Å². The standard InChI is InChI=1S/C21H26N2O5/c1-25-16-7-5-14(11-18(16)27-3)21(9-10-21)13-22-20(24)23-15-6-8-17(26-2)19(12-15)28-4/h5-8,11-12H,9-10,13H2,1-4H3,(H2,22,23,24). The van der Waals surface area contributed by atoms with Crippen LogP contribution in [0.5, 0.6) is 23.0 Å². The molecule has 0 spiro atoms. The maximum absolute atomic E-state index is 12.4. The first-order chi connectivity index (χ1) is 13.5. The molecule has 2 amide bonds. The van der Waals surface area contributed by atoms with Crippen molar-refractivity contribution in [1.82, 2.24) is 5.32 Å². The van der Waals surface area contributed by atoms with Crippen molar-refractivity contribution in [2.75, 3.05) is 40.3 Å². The van der Waals surface area contributed by atoms with E-state index in [4.69, 9.17) is 18.9 Å². The van der Waals surface area contributed by atoms with Gasteiger partial charge in [-0.1, -0.05) is 6.07 Å². The summed E-state index contributed by atoms with van der Waals surface area (Å²) in [6, 6.07) is 10.9. The molecule has 0 aliphatic heterocycles. The van der Waals surface area contributed by atoms with E-state index < -0.39 is 0 Å². The minimum Gasteiger partial charge on any atom is -0.493 e. The second kappa shape index (κ2) is 8.29. The smallest absolute Gasteiger partial charge is 0.319 e. The first-order valence-corrected chi connectivity index (χ1v) is 9.04. The molecule has 7 nitrogen and oxygen atoms in total. The molecule has 0 atom stereocenters. The molecule has 0 heterocycles. The number of anilines is 1. The zero-order valence-electron chi connectivity index (χ0n) is 16.6. The van der Waals surface area contributed by atoms with E-state index in [1.807, 2.05) is 18.2 Å². The molecule has 1 aliphatic carbocycles. The highest BCUT2D eigenvalue weighted by Crippen LogP contribution is 2.49. The van der Waals surface area contributed by atoms with Gasteiger partial charge in [-0.25, -0.2) is 4.79 Å². The third-order valence-electron chi connectivity index (χ3n) is 5.08. The fourth-order valence-corrected chi connectivity index (χ4v) is 3.22. The van der Waals surface area contributed by atoms with Crippen LogP contribution in [0, 0.1) is 0 Å². The molecule has 150 valence electrons. The van der Waals surface area contributed by atoms with Crippen molar-refractivity contribution in [2.45, 2.75) is 18.3 Å². The van der Waals surface area contributed by atoms with Gasteiger partial charge >= 0.3 is 6.03 Å². The summed E-state index contributed by atoms with van der Waals surface area (Å²) in [5.74, 6) is 2.56. The molecule has 7 heteroatoms. The van der Waals surface area contributed by atoms with E-state index in [1.54, 1.807) is 46.6 Å². The average Bonchev–Trinajstić information content (AvgIpc) is 3.52. The Morgan fingerprint density at radius 1 is 0.857 bits per heavy atom. The van der Waals surface area contributed by atoms with E-state index in [2.05, 4.69) is 10.6 Å². The SMILES string of the molecule is COc1ccc(NC(=O)NCC2(c3ccc(OC)c(OC)c3)CC2)cc1OC. The Kier molecular flexibility index (Phi) is 5.82. The quantitative estimate of drug-likeness (QED) is 0.725. The minimum absolute atomic E-state index is 0.0610. The molecule has 1 aliphatic rings. The second-order valence-corrected chi connectivity index (χ2v) is 6.73. The predicted octanol–water partition coefficient (Wildman–Crippen LogP) is 3.57. The van der Waals surface area contributed by atoms with E-state index in [9.17, 15) is 4.79 Å². The summed E-state index contributed by atoms with van der Waals surface area (Å²) >= 11 is 0. The summed E-state index contributed by atoms with van der Waals surface area (Å²) < 4.78 is 21.2. The van der Waals surface area contributed by atoms with Gasteiger partial charge in [0.25, 0.3) is 0 Å². The summed E-state index contributed by atoms with van der Waals surface area (Å²) in [6.45, 7) is 0.543. The highest BCUT2D eigenvalue weighted by molar-refractivity contribution is 5.89. The van der Waals surface area contributed by atoms with Gasteiger partial charge in [0.1, 0.15) is 0 Å². The molecule has 0 unspecified atom stereocenters. The zero-order chi connectivity index (χ0) is 20.1. The molecular weight excluding hydrogens is 360 g/mol. The molecule has 2 N–H and O–H groups in total. The zero-order valence-corrected chi connectivity index (χ0v) is 16.6. The van der Waals surface area contributed by atoms with Crippen LogP contribution >= 0.6 is 0 Å². The minimum atomic E-state index is -0.265. The Morgan fingerprint density at radius 3 is 2.00 bits per heavy atom. The van der Waals surface area contributed by atoms with Crippen LogP contribution in [0.2, 0.25) is 0 Å². The molecule has 0 radical (unpaired) electrons. The van der Waals surface area contributed by atoms with Crippen LogP contribution in [0.25, 0.3) is 0 Å². The number of rotatable bonds is 8. The van der Waals surface area contributed by atoms with Crippen molar-refractivity contribution in [3.8, 4) is 23.0 Å². The van der Waals surface area contributed by atoms with Gasteiger partial charge in [-0.2, -0.15) is 0 Å². The molecule has 0 bridgehead atoms. The van der Waals surface area contributed by atoms with Gasteiger partial charge in [0.2, 0.25) is 0 Å². The van der Waals surface area contributed by atoms with E-state index in [0.717, 1.165) is 18.4 Å². The number of carbonyl (C=O) groups excluding carboxylic acids is 1. The number of amides is 2. The maximum atomic E-state index is 12.4. The fourth-order valence-electron chi connectivity index (χ4n) is 3.22. The predicted molar refractivity (Wildman–Crippen MR) is 107 cm³/mol. The first kappa shape index (κ1) is 19.7. The molecule has 0 saturated heterocycles. The Balaban J connectivity index is 1.63. The first-order valence-electron chi connectivity index (χ1n) is 9.04. The summed E-state index contributed by atoms with van der Waals surface area (Å²) in [5.41, 5.74) is 1.71. The number of carbonyl (C=O) groups is 1. The second-order valence-electron chi connectivity index (χ2n) is 6.73. The third kappa shape index (κ3) is 4.08. The van der Waals surface area contributed by atoms with Crippen LogP contribution in [0.15, 0.2) is 36.4 Å². The van der Waals surface area contributed by atoms with Gasteiger partial charge in [0.05, 0.1) is 28.4 Å². The van der Waals surface area contributed by atoms with E-state index in [0.29, 0.717) is 35.2 Å². The topological polar surface area (TPSA) is 78.1 Å². The molecule has 1 fully saturated rings. The van der Waals surface area contributed by atoms with Crippen molar-refractivity contribution in [3.05, 3.63) is 42.0 Å². The highest BCUT2D eigenvalue weighted by Gasteiger charge is 2.44. The third-order valence-corrected chi connectivity index (χ3v) is 5.08. The fraction of sp³-hybridized carbons (Fsp3) is 0.381. The van der Waals surface area contributed by atoms with Crippen molar-refractivity contribution in [3.63, 3.8) is 0 Å². The molecule has 2 aromatic rings. The lowest BCUT2D eigenvalue weighted by Crippen LogP contribution is -2.35. The average molecular weight is 386 g/mol. The van der Waals surface area contributed by atoms with Gasteiger partial charge in [-0.15, -0.1) is 0 Å². The lowest BCUT2D eigenvalue weighted by Gasteiger charge is -2.19. The van der Waals surface area contributed by atoms with Crippen LogP contribution in [0.3, 0.4) is 0 Å². The van der Waals surface area contributed by atoms with E-state index >= 15 is 0 Å². The van der Waals surface area contributed by atoms with Crippen molar-refractivity contribution >= 4 is 11.7 Å². The molecule has 28 heavy (non-hydrogen) atoms. The van der Waals surface area contributed by atoms with Gasteiger partial charge in [-0.3, -0.25) is 0 Å². The lowest BCUT2D eigenvalue weighted by atomic mass is 9.95. The number of hydrogen-bond donors (Lipinski definition) is 2. The number of benzene rings is 2. The maximum Gasteiger partial charge on any atom is 0.319 e. The van der Waals surface area contributed by atoms with Crippen LogP contribution in [0.4, 0.5) is 10.5 Å². The van der Waals surface area contributed by atoms with Crippen molar-refractivity contribution < 1.29 is 23.7 Å². The number of hydrogen-bond acceptors (Lipinski definition) is 5. The van der Waals surface area contributed by atoms with Gasteiger partial charge in [-0.05, 0) is 42.7 Å². The molecule has 2 aromatic carbocycles. The van der Waals surface area contributed by atoms with Crippen LogP contribution in [-0.2, 0) is 5.41 Å². The van der Waals surface area contributed by atoms with Crippen LogP contribution < -0.4 is 29.6 Å². The molecule has 1 saturated carbocycles. The number of nitrogens with one attached hydrogen (secondary N) is 2. The van der Waals surface area contributed by atoms with Gasteiger partial charge in [0, 0.05) is 23.7 Å². The van der Waals surface area contributed by atoms with E-state index in [1.165, 1.54) is 0 Å². The molecule has 0 aromatic heterocycles. The number of ether oxygens (including phenoxy) is 4. The highest BCUT2D eigenvalue weighted by atomic mass is 16.5. The van der Waals surface area contributed by atoms with Gasteiger partial charge in [0.15, 0.2) is 23.0 Å². The summed E-state index contributed by atoms with van der Waals surface area (Å²) in [4.78, 5) is 12.4. The Labute approximate surface area is 164 Å². The Hall–Kier alpha value is -3.09. The lowest BCUT2D eigenvalue weighted by molar-refractivity contribution is 0.251. The largest absolute Gasteiger partial charge is 0.493 e. The van der Waals surface area contributed by atoms with Crippen LogP contribution in [-0.4, -0.2) is 41.0 Å². The van der Waals surface area contributed by atoms with E-state index in [-0.39, 0.29) is 11.4 Å². The normalized spacial score (nSPS) is 14.0. The summed E-state index contributed by atoms with van der Waals surface area (Å²) in [5, 5.41) is 5.80.